The molecule has 9 heteroatoms. The summed E-state index contributed by atoms with van der Waals surface area (Å²) in [6.45, 7) is 2.21. The second kappa shape index (κ2) is 10.0. The Labute approximate surface area is 199 Å². The molecule has 0 aliphatic carbocycles. The second-order valence-electron chi connectivity index (χ2n) is 7.70. The van der Waals surface area contributed by atoms with Crippen molar-refractivity contribution in [3.05, 3.63) is 86.5 Å². The average molecular weight is 482 g/mol. The lowest BCUT2D eigenvalue weighted by Gasteiger charge is -2.10. The van der Waals surface area contributed by atoms with Crippen LogP contribution in [0.2, 0.25) is 0 Å². The van der Waals surface area contributed by atoms with Crippen LogP contribution in [0.3, 0.4) is 0 Å². The molecule has 1 N–H and O–H groups in total. The van der Waals surface area contributed by atoms with E-state index in [2.05, 4.69) is 10.3 Å². The standard InChI is InChI=1S/C25H24FN3O4S/c1-15-21-24(28-14-29(25(21)31)13-17-6-4-5-7-18(17)26)34-22(15)23(30)27-11-10-16-8-9-19(32-2)20(12-16)33-3/h4-9,12,14H,10-11,13H2,1-3H3,(H,27,30). The number of nitrogens with zero attached hydrogens (tertiary/aromatic N) is 2. The second-order valence-corrected chi connectivity index (χ2v) is 8.70. The van der Waals surface area contributed by atoms with Crippen LogP contribution in [-0.4, -0.2) is 36.2 Å². The maximum atomic E-state index is 14.0. The molecule has 0 bridgehead atoms. The number of amides is 1. The first-order chi connectivity index (χ1) is 16.4. The summed E-state index contributed by atoms with van der Waals surface area (Å²) in [5.74, 6) is 0.626. The third-order valence-electron chi connectivity index (χ3n) is 5.57. The van der Waals surface area contributed by atoms with Crippen LogP contribution in [0, 0.1) is 12.7 Å². The molecule has 0 radical (unpaired) electrons. The van der Waals surface area contributed by atoms with E-state index >= 15 is 0 Å². The van der Waals surface area contributed by atoms with Gasteiger partial charge in [0.25, 0.3) is 11.5 Å². The molecule has 0 aliphatic heterocycles. The van der Waals surface area contributed by atoms with E-state index in [0.29, 0.717) is 50.7 Å². The molecule has 2 aromatic heterocycles. The van der Waals surface area contributed by atoms with Gasteiger partial charge in [0, 0.05) is 12.1 Å². The van der Waals surface area contributed by atoms with Crippen LogP contribution in [0.25, 0.3) is 10.2 Å². The summed E-state index contributed by atoms with van der Waals surface area (Å²) in [5.41, 5.74) is 1.66. The molecule has 7 nitrogen and oxygen atoms in total. The molecule has 0 saturated carbocycles. The highest BCUT2D eigenvalue weighted by molar-refractivity contribution is 7.20. The summed E-state index contributed by atoms with van der Waals surface area (Å²) in [6, 6.07) is 11.9. The van der Waals surface area contributed by atoms with Gasteiger partial charge in [-0.15, -0.1) is 11.3 Å². The van der Waals surface area contributed by atoms with Crippen LogP contribution < -0.4 is 20.3 Å². The van der Waals surface area contributed by atoms with E-state index in [0.717, 1.165) is 5.56 Å². The van der Waals surface area contributed by atoms with Gasteiger partial charge in [0.2, 0.25) is 0 Å². The molecule has 4 aromatic rings. The van der Waals surface area contributed by atoms with Gasteiger partial charge in [-0.2, -0.15) is 0 Å². The topological polar surface area (TPSA) is 82.5 Å². The number of halogens is 1. The Balaban J connectivity index is 1.50. The first kappa shape index (κ1) is 23.4. The third kappa shape index (κ3) is 4.65. The lowest BCUT2D eigenvalue weighted by Crippen LogP contribution is -2.25. The Hall–Kier alpha value is -3.72. The van der Waals surface area contributed by atoms with Crippen LogP contribution in [-0.2, 0) is 13.0 Å². The number of fused-ring (bicyclic) bond motifs is 1. The molecule has 0 spiro atoms. The number of aromatic nitrogens is 2. The zero-order valence-corrected chi connectivity index (χ0v) is 19.9. The molecule has 2 heterocycles. The Morgan fingerprint density at radius 1 is 1.15 bits per heavy atom. The largest absolute Gasteiger partial charge is 0.493 e. The average Bonchev–Trinajstić information content (AvgIpc) is 3.19. The van der Waals surface area contributed by atoms with Gasteiger partial charge < -0.3 is 14.8 Å². The van der Waals surface area contributed by atoms with E-state index in [-0.39, 0.29) is 23.8 Å². The highest BCUT2D eigenvalue weighted by atomic mass is 32.1. The van der Waals surface area contributed by atoms with Gasteiger partial charge in [0.1, 0.15) is 10.6 Å². The summed E-state index contributed by atoms with van der Waals surface area (Å²) >= 11 is 1.17. The first-order valence-electron chi connectivity index (χ1n) is 10.6. The quantitative estimate of drug-likeness (QED) is 0.412. The molecule has 0 saturated heterocycles. The lowest BCUT2D eigenvalue weighted by atomic mass is 10.1. The zero-order valence-electron chi connectivity index (χ0n) is 19.1. The van der Waals surface area contributed by atoms with E-state index in [9.17, 15) is 14.0 Å². The molecule has 0 atom stereocenters. The van der Waals surface area contributed by atoms with Crippen molar-refractivity contribution in [2.45, 2.75) is 19.9 Å². The van der Waals surface area contributed by atoms with Crippen molar-refractivity contribution in [1.82, 2.24) is 14.9 Å². The number of ether oxygens (including phenoxy) is 2. The van der Waals surface area contributed by atoms with Crippen molar-refractivity contribution in [3.8, 4) is 11.5 Å². The maximum absolute atomic E-state index is 14.0. The van der Waals surface area contributed by atoms with E-state index in [1.807, 2.05) is 18.2 Å². The normalized spacial score (nSPS) is 10.9. The maximum Gasteiger partial charge on any atom is 0.262 e. The molecule has 34 heavy (non-hydrogen) atoms. The van der Waals surface area contributed by atoms with Gasteiger partial charge in [-0.1, -0.05) is 24.3 Å². The van der Waals surface area contributed by atoms with Crippen LogP contribution in [0.4, 0.5) is 4.39 Å². The fourth-order valence-corrected chi connectivity index (χ4v) is 4.79. The summed E-state index contributed by atoms with van der Waals surface area (Å²) in [5, 5.41) is 3.29. The number of aryl methyl sites for hydroxylation is 1. The Morgan fingerprint density at radius 3 is 2.65 bits per heavy atom. The fourth-order valence-electron chi connectivity index (χ4n) is 3.74. The van der Waals surface area contributed by atoms with Crippen LogP contribution >= 0.6 is 11.3 Å². The number of thiophene rings is 1. The molecule has 0 aliphatic rings. The van der Waals surface area contributed by atoms with Gasteiger partial charge in [0.05, 0.1) is 37.4 Å². The van der Waals surface area contributed by atoms with Crippen molar-refractivity contribution in [1.29, 1.82) is 0 Å². The van der Waals surface area contributed by atoms with Crippen molar-refractivity contribution in [2.24, 2.45) is 0 Å². The first-order valence-corrected chi connectivity index (χ1v) is 11.5. The van der Waals surface area contributed by atoms with Gasteiger partial charge >= 0.3 is 0 Å². The van der Waals surface area contributed by atoms with Crippen molar-refractivity contribution >= 4 is 27.5 Å². The molecule has 2 aromatic carbocycles. The highest BCUT2D eigenvalue weighted by Gasteiger charge is 2.19. The van der Waals surface area contributed by atoms with Crippen molar-refractivity contribution in [2.75, 3.05) is 20.8 Å². The monoisotopic (exact) mass is 481 g/mol. The molecule has 0 fully saturated rings. The molecule has 4 rings (SSSR count). The molecule has 176 valence electrons. The predicted octanol–water partition coefficient (Wildman–Crippen LogP) is 3.94. The van der Waals surface area contributed by atoms with Gasteiger partial charge in [-0.05, 0) is 42.7 Å². The Morgan fingerprint density at radius 2 is 1.91 bits per heavy atom. The van der Waals surface area contributed by atoms with E-state index < -0.39 is 0 Å². The Kier molecular flexibility index (Phi) is 6.93. The molecular formula is C25H24FN3O4S. The third-order valence-corrected chi connectivity index (χ3v) is 6.77. The number of carbonyl (C=O) groups is 1. The van der Waals surface area contributed by atoms with Crippen LogP contribution in [0.15, 0.2) is 53.6 Å². The smallest absolute Gasteiger partial charge is 0.262 e. The summed E-state index contributed by atoms with van der Waals surface area (Å²) in [6.07, 6.45) is 2.00. The van der Waals surface area contributed by atoms with E-state index in [1.54, 1.807) is 39.3 Å². The van der Waals surface area contributed by atoms with Gasteiger partial charge in [-0.25, -0.2) is 9.37 Å². The highest BCUT2D eigenvalue weighted by Crippen LogP contribution is 2.28. The van der Waals surface area contributed by atoms with Crippen molar-refractivity contribution < 1.29 is 18.7 Å². The minimum atomic E-state index is -0.383. The molecule has 0 unspecified atom stereocenters. The minimum absolute atomic E-state index is 0.0661. The van der Waals surface area contributed by atoms with E-state index in [4.69, 9.17) is 9.47 Å². The number of hydrogen-bond acceptors (Lipinski definition) is 6. The summed E-state index contributed by atoms with van der Waals surface area (Å²) in [4.78, 5) is 31.2. The Bertz CT molecular complexity index is 1410. The summed E-state index contributed by atoms with van der Waals surface area (Å²) < 4.78 is 26.0. The predicted molar refractivity (Wildman–Crippen MR) is 130 cm³/mol. The number of nitrogens with one attached hydrogen (secondary N) is 1. The lowest BCUT2D eigenvalue weighted by molar-refractivity contribution is 0.0957. The number of hydrogen-bond donors (Lipinski definition) is 1. The SMILES string of the molecule is COc1ccc(CCNC(=O)c2sc3ncn(Cc4ccccc4F)c(=O)c3c2C)cc1OC. The van der Waals surface area contributed by atoms with Crippen LogP contribution in [0.5, 0.6) is 11.5 Å². The van der Waals surface area contributed by atoms with Gasteiger partial charge in [-0.3, -0.25) is 14.2 Å². The number of methoxy groups -OCH3 is 2. The number of rotatable bonds is 8. The van der Waals surface area contributed by atoms with Crippen LogP contribution in [0.1, 0.15) is 26.4 Å². The molecule has 1 amide bonds. The summed E-state index contributed by atoms with van der Waals surface area (Å²) in [7, 11) is 3.15. The number of benzene rings is 2. The van der Waals surface area contributed by atoms with E-state index in [1.165, 1.54) is 28.3 Å². The molecular weight excluding hydrogens is 457 g/mol. The fraction of sp³-hybridized carbons (Fsp3) is 0.240. The zero-order chi connectivity index (χ0) is 24.2. The minimum Gasteiger partial charge on any atom is -0.493 e. The number of carbonyl (C=O) groups excluding carboxylic acids is 1. The van der Waals surface area contributed by atoms with Gasteiger partial charge in [0.15, 0.2) is 11.5 Å². The van der Waals surface area contributed by atoms with Crippen molar-refractivity contribution in [3.63, 3.8) is 0 Å².